The second-order valence-electron chi connectivity index (χ2n) is 2.96. The number of halogens is 1. The molecule has 0 aromatic heterocycles. The van der Waals surface area contributed by atoms with E-state index in [0.29, 0.717) is 13.0 Å². The van der Waals surface area contributed by atoms with Crippen molar-refractivity contribution in [3.8, 4) is 0 Å². The summed E-state index contributed by atoms with van der Waals surface area (Å²) in [6.45, 7) is 4.19. The maximum Gasteiger partial charge on any atom is 0.404 e. The summed E-state index contributed by atoms with van der Waals surface area (Å²) in [5, 5.41) is 10.5. The van der Waals surface area contributed by atoms with Crippen LogP contribution in [0.4, 0.5) is 4.79 Å². The molecule has 0 aromatic rings. The lowest BCUT2D eigenvalue weighted by Crippen LogP contribution is -2.37. The molecule has 3 N–H and O–H groups in total. The molecule has 0 heterocycles. The summed E-state index contributed by atoms with van der Waals surface area (Å²) in [4.78, 5) is 12.6. The van der Waals surface area contributed by atoms with E-state index in [1.54, 1.807) is 0 Å². The zero-order valence-corrected chi connectivity index (χ0v) is 7.40. The number of hydrogen-bond donors (Lipinski definition) is 3. The smallest absolute Gasteiger partial charge is 0.404 e. The molecule has 0 aliphatic rings. The van der Waals surface area contributed by atoms with Gasteiger partial charge in [0.1, 0.15) is 0 Å². The van der Waals surface area contributed by atoms with Gasteiger partial charge >= 0.3 is 6.09 Å². The Kier molecular flexibility index (Phi) is 4.22. The Bertz CT molecular complexity index is 139. The predicted octanol–water partition coefficient (Wildman–Crippen LogP) is 1.17. The first kappa shape index (κ1) is 10.5. The predicted molar refractivity (Wildman–Crippen MR) is 43.7 cm³/mol. The fourth-order valence-corrected chi connectivity index (χ4v) is 0.624. The topological polar surface area (TPSA) is 61.4 Å². The summed E-state index contributed by atoms with van der Waals surface area (Å²) in [5.41, 5.74) is -0.232. The van der Waals surface area contributed by atoms with Crippen molar-refractivity contribution in [2.75, 3.05) is 6.54 Å². The van der Waals surface area contributed by atoms with Gasteiger partial charge in [-0.3, -0.25) is 0 Å². The Balaban J connectivity index is 3.45. The number of amides is 1. The summed E-state index contributed by atoms with van der Waals surface area (Å²) in [6.07, 6.45) is -0.349. The van der Waals surface area contributed by atoms with Crippen molar-refractivity contribution in [2.24, 2.45) is 0 Å². The first-order valence-electron chi connectivity index (χ1n) is 3.32. The maximum atomic E-state index is 10.0. The van der Waals surface area contributed by atoms with E-state index in [9.17, 15) is 4.79 Å². The molecule has 0 rings (SSSR count). The molecule has 1 amide bonds. The van der Waals surface area contributed by atoms with Gasteiger partial charge in [-0.05, 0) is 32.0 Å². The Hall–Kier alpha value is -0.480. The summed E-state index contributed by atoms with van der Waals surface area (Å²) in [6, 6.07) is 0. The van der Waals surface area contributed by atoms with Gasteiger partial charge < -0.3 is 10.4 Å². The minimum absolute atomic E-state index is 0.232. The quantitative estimate of drug-likeness (QED) is 0.569. The van der Waals surface area contributed by atoms with Crippen molar-refractivity contribution >= 4 is 17.9 Å². The lowest BCUT2D eigenvalue weighted by Gasteiger charge is -2.21. The van der Waals surface area contributed by atoms with Crippen LogP contribution in [0, 0.1) is 0 Å². The monoisotopic (exact) mass is 180 g/mol. The van der Waals surface area contributed by atoms with Crippen LogP contribution in [0.2, 0.25) is 0 Å². The van der Waals surface area contributed by atoms with Crippen LogP contribution in [0.25, 0.3) is 0 Å². The third-order valence-electron chi connectivity index (χ3n) is 1.28. The van der Waals surface area contributed by atoms with Gasteiger partial charge in [0, 0.05) is 12.1 Å². The lowest BCUT2D eigenvalue weighted by atomic mass is 10.0. The van der Waals surface area contributed by atoms with Gasteiger partial charge in [-0.1, -0.05) is 0 Å². The summed E-state index contributed by atoms with van der Waals surface area (Å²) in [5.74, 6) is 0. The zero-order chi connectivity index (χ0) is 8.91. The molecule has 0 aliphatic carbocycles. The number of carbonyl (C=O) groups is 1. The first-order chi connectivity index (χ1) is 4.98. The molecular formula is C6H13ClN2O2. The molecular weight excluding hydrogens is 168 g/mol. The lowest BCUT2D eigenvalue weighted by molar-refractivity contribution is 0.193. The Morgan fingerprint density at radius 3 is 2.55 bits per heavy atom. The highest BCUT2D eigenvalue weighted by Gasteiger charge is 2.15. The van der Waals surface area contributed by atoms with Gasteiger partial charge in [0.05, 0.1) is 0 Å². The van der Waals surface area contributed by atoms with Crippen LogP contribution in [-0.2, 0) is 0 Å². The van der Waals surface area contributed by atoms with Crippen molar-refractivity contribution < 1.29 is 9.90 Å². The number of carboxylic acid groups (broad SMARTS) is 1. The number of nitrogens with one attached hydrogen (secondary N) is 2. The van der Waals surface area contributed by atoms with E-state index in [4.69, 9.17) is 16.9 Å². The molecule has 0 atom stereocenters. The van der Waals surface area contributed by atoms with Crippen molar-refractivity contribution in [1.29, 1.82) is 0 Å². The summed E-state index contributed by atoms with van der Waals surface area (Å²) in [7, 11) is 0. The molecule has 0 saturated heterocycles. The fraction of sp³-hybridized carbons (Fsp3) is 0.833. The van der Waals surface area contributed by atoms with E-state index in [2.05, 4.69) is 10.2 Å². The Morgan fingerprint density at radius 1 is 1.64 bits per heavy atom. The van der Waals surface area contributed by atoms with E-state index in [1.165, 1.54) is 0 Å². The van der Waals surface area contributed by atoms with Gasteiger partial charge in [-0.2, -0.15) is 0 Å². The van der Waals surface area contributed by atoms with Crippen molar-refractivity contribution in [1.82, 2.24) is 10.2 Å². The first-order valence-corrected chi connectivity index (χ1v) is 3.70. The third-order valence-corrected chi connectivity index (χ3v) is 1.79. The Morgan fingerprint density at radius 2 is 2.18 bits per heavy atom. The van der Waals surface area contributed by atoms with Gasteiger partial charge in [0.2, 0.25) is 0 Å². The van der Waals surface area contributed by atoms with E-state index < -0.39 is 6.09 Å². The van der Waals surface area contributed by atoms with Gasteiger partial charge in [0.25, 0.3) is 0 Å². The van der Waals surface area contributed by atoms with Crippen molar-refractivity contribution in [3.05, 3.63) is 0 Å². The van der Waals surface area contributed by atoms with E-state index in [1.807, 2.05) is 13.8 Å². The highest BCUT2D eigenvalue weighted by Crippen LogP contribution is 2.07. The summed E-state index contributed by atoms with van der Waals surface area (Å²) < 4.78 is 0. The maximum absolute atomic E-state index is 10.0. The van der Waals surface area contributed by atoms with Crippen LogP contribution in [0.5, 0.6) is 0 Å². The molecule has 5 heteroatoms. The largest absolute Gasteiger partial charge is 0.465 e. The summed E-state index contributed by atoms with van der Waals surface area (Å²) >= 11 is 5.38. The highest BCUT2D eigenvalue weighted by molar-refractivity contribution is 6.13. The molecule has 0 unspecified atom stereocenters. The van der Waals surface area contributed by atoms with Crippen LogP contribution in [0.15, 0.2) is 0 Å². The second kappa shape index (κ2) is 4.41. The average molecular weight is 181 g/mol. The molecule has 0 aliphatic heterocycles. The molecule has 0 fully saturated rings. The normalized spacial score (nSPS) is 11.2. The number of rotatable bonds is 4. The van der Waals surface area contributed by atoms with Crippen LogP contribution in [-0.4, -0.2) is 23.3 Å². The molecule has 0 radical (unpaired) electrons. The zero-order valence-electron chi connectivity index (χ0n) is 6.65. The Labute approximate surface area is 71.0 Å². The molecule has 0 spiro atoms. The van der Waals surface area contributed by atoms with Crippen molar-refractivity contribution in [2.45, 2.75) is 25.8 Å². The molecule has 0 saturated carbocycles. The minimum atomic E-state index is -1.00. The van der Waals surface area contributed by atoms with Gasteiger partial charge in [-0.15, -0.1) is 0 Å². The van der Waals surface area contributed by atoms with Crippen LogP contribution in [0.1, 0.15) is 20.3 Å². The second-order valence-corrected chi connectivity index (χ2v) is 3.15. The highest BCUT2D eigenvalue weighted by atomic mass is 35.5. The van der Waals surface area contributed by atoms with E-state index in [0.717, 1.165) is 0 Å². The fourth-order valence-electron chi connectivity index (χ4n) is 0.529. The molecule has 0 bridgehead atoms. The molecule has 4 nitrogen and oxygen atoms in total. The minimum Gasteiger partial charge on any atom is -0.465 e. The standard InChI is InChI=1S/C6H13ClN2O2/c1-6(2,9-7)3-4-8-5(10)11/h8-9H,3-4H2,1-2H3,(H,10,11). The molecule has 11 heavy (non-hydrogen) atoms. The van der Waals surface area contributed by atoms with Crippen LogP contribution in [0.3, 0.4) is 0 Å². The van der Waals surface area contributed by atoms with Gasteiger partial charge in [-0.25, -0.2) is 9.63 Å². The number of hydrogen-bond acceptors (Lipinski definition) is 2. The SMILES string of the molecule is CC(C)(CCNC(=O)O)NCl. The van der Waals surface area contributed by atoms with Crippen LogP contribution < -0.4 is 10.2 Å². The van der Waals surface area contributed by atoms with Crippen molar-refractivity contribution in [3.63, 3.8) is 0 Å². The molecule has 0 aromatic carbocycles. The van der Waals surface area contributed by atoms with Gasteiger partial charge in [0.15, 0.2) is 0 Å². The average Bonchev–Trinajstić information content (AvgIpc) is 1.87. The third kappa shape index (κ3) is 5.94. The van der Waals surface area contributed by atoms with E-state index >= 15 is 0 Å². The van der Waals surface area contributed by atoms with Crippen LogP contribution >= 0.6 is 11.8 Å². The molecule has 66 valence electrons. The van der Waals surface area contributed by atoms with E-state index in [-0.39, 0.29) is 5.54 Å².